The summed E-state index contributed by atoms with van der Waals surface area (Å²) in [4.78, 5) is 3.97. The number of hydrogen-bond donors (Lipinski definition) is 0. The molecule has 1 heterocycles. The van der Waals surface area contributed by atoms with E-state index in [1.807, 2.05) is 12.3 Å². The van der Waals surface area contributed by atoms with Gasteiger partial charge in [-0.1, -0.05) is 6.08 Å². The first-order chi connectivity index (χ1) is 3.00. The molecule has 1 aliphatic rings. The Morgan fingerprint density at radius 2 is 2.29 bits per heavy atom. The Balaban J connectivity index is 0.000000360. The third kappa shape index (κ3) is 3.27. The van der Waals surface area contributed by atoms with Gasteiger partial charge in [0.05, 0.1) is 0 Å². The zero-order valence-corrected chi connectivity index (χ0v) is 3.59. The zero-order chi connectivity index (χ0) is 4.24. The van der Waals surface area contributed by atoms with Gasteiger partial charge in [-0.3, -0.25) is 4.99 Å². The molecule has 1 nitrogen and oxygen atoms in total. The van der Waals surface area contributed by atoms with Gasteiger partial charge in [0.15, 0.2) is 0 Å². The first-order valence-electron chi connectivity index (χ1n) is 2.15. The van der Waals surface area contributed by atoms with Crippen LogP contribution in [0.3, 0.4) is 0 Å². The van der Waals surface area contributed by atoms with Gasteiger partial charge in [0, 0.05) is 12.8 Å². The molecule has 0 bridgehead atoms. The summed E-state index contributed by atoms with van der Waals surface area (Å²) < 4.78 is 0. The van der Waals surface area contributed by atoms with Crippen LogP contribution in [-0.2, 0) is 0 Å². The van der Waals surface area contributed by atoms with Crippen molar-refractivity contribution >= 4 is 44.0 Å². The van der Waals surface area contributed by atoms with Gasteiger partial charge < -0.3 is 0 Å². The standard InChI is InChI=1S/C5H7N.Ca.2H/c1-2-4-6-5-3-1;;;/h1-2,4H,3,5H2;;;. The molecule has 0 unspecified atom stereocenters. The molecule has 0 aromatic carbocycles. The molecule has 0 N–H and O–H groups in total. The van der Waals surface area contributed by atoms with Crippen molar-refractivity contribution in [1.29, 1.82) is 0 Å². The minimum absolute atomic E-state index is 0. The van der Waals surface area contributed by atoms with E-state index >= 15 is 0 Å². The number of aliphatic imine (C=N–C) groups is 1. The molecule has 1 aliphatic heterocycles. The van der Waals surface area contributed by atoms with E-state index in [1.165, 1.54) is 0 Å². The van der Waals surface area contributed by atoms with E-state index in [9.17, 15) is 0 Å². The van der Waals surface area contributed by atoms with E-state index in [0.717, 1.165) is 13.0 Å². The number of rotatable bonds is 0. The van der Waals surface area contributed by atoms with Crippen LogP contribution in [0.25, 0.3) is 0 Å². The molecule has 0 aromatic rings. The summed E-state index contributed by atoms with van der Waals surface area (Å²) in [5, 5.41) is 0. The SMILES string of the molecule is C1=CCCN=C1.[CaH2]. The summed E-state index contributed by atoms with van der Waals surface area (Å²) in [5.74, 6) is 0. The normalized spacial score (nSPS) is 16.0. The van der Waals surface area contributed by atoms with E-state index in [-0.39, 0.29) is 37.7 Å². The van der Waals surface area contributed by atoms with Crippen LogP contribution in [-0.4, -0.2) is 50.5 Å². The quantitative estimate of drug-likeness (QED) is 0.405. The van der Waals surface area contributed by atoms with Gasteiger partial charge in [0.1, 0.15) is 0 Å². The van der Waals surface area contributed by atoms with Crippen molar-refractivity contribution in [2.75, 3.05) is 6.54 Å². The van der Waals surface area contributed by atoms with Crippen LogP contribution in [0, 0.1) is 0 Å². The van der Waals surface area contributed by atoms with Crippen molar-refractivity contribution in [3.63, 3.8) is 0 Å². The Morgan fingerprint density at radius 1 is 1.43 bits per heavy atom. The Morgan fingerprint density at radius 3 is 2.43 bits per heavy atom. The molecule has 0 radical (unpaired) electrons. The molecule has 0 saturated carbocycles. The predicted octanol–water partition coefficient (Wildman–Crippen LogP) is 0.101. The van der Waals surface area contributed by atoms with Gasteiger partial charge in [0.2, 0.25) is 0 Å². The maximum absolute atomic E-state index is 3.97. The molecule has 0 fully saturated rings. The van der Waals surface area contributed by atoms with Crippen LogP contribution >= 0.6 is 0 Å². The second-order valence-electron chi connectivity index (χ2n) is 1.27. The number of nitrogens with zero attached hydrogens (tertiary/aromatic N) is 1. The third-order valence-electron chi connectivity index (χ3n) is 0.752. The molecular formula is C5H9CaN. The van der Waals surface area contributed by atoms with Crippen LogP contribution in [0.1, 0.15) is 6.42 Å². The van der Waals surface area contributed by atoms with Crippen molar-refractivity contribution in [3.8, 4) is 0 Å². The Labute approximate surface area is 73.5 Å². The van der Waals surface area contributed by atoms with E-state index in [0.29, 0.717) is 0 Å². The molecule has 0 amide bonds. The first-order valence-corrected chi connectivity index (χ1v) is 2.15. The van der Waals surface area contributed by atoms with E-state index in [2.05, 4.69) is 11.1 Å². The van der Waals surface area contributed by atoms with Crippen LogP contribution in [0.2, 0.25) is 0 Å². The predicted molar refractivity (Wildman–Crippen MR) is 35.7 cm³/mol. The molecule has 0 aliphatic carbocycles. The zero-order valence-electron chi connectivity index (χ0n) is 3.59. The van der Waals surface area contributed by atoms with Crippen LogP contribution in [0.4, 0.5) is 0 Å². The Kier molecular flexibility index (Phi) is 5.28. The fraction of sp³-hybridized carbons (Fsp3) is 0.400. The van der Waals surface area contributed by atoms with Gasteiger partial charge in [0.25, 0.3) is 0 Å². The van der Waals surface area contributed by atoms with Crippen molar-refractivity contribution < 1.29 is 0 Å². The molecule has 7 heavy (non-hydrogen) atoms. The van der Waals surface area contributed by atoms with Crippen LogP contribution < -0.4 is 0 Å². The van der Waals surface area contributed by atoms with Gasteiger partial charge in [-0.15, -0.1) is 0 Å². The molecule has 1 rings (SSSR count). The summed E-state index contributed by atoms with van der Waals surface area (Å²) in [6.07, 6.45) is 7.05. The third-order valence-corrected chi connectivity index (χ3v) is 0.752. The van der Waals surface area contributed by atoms with Crippen LogP contribution in [0.15, 0.2) is 17.1 Å². The Hall–Kier alpha value is 0.670. The fourth-order valence-electron chi connectivity index (χ4n) is 0.442. The summed E-state index contributed by atoms with van der Waals surface area (Å²) in [7, 11) is 0. The van der Waals surface area contributed by atoms with Crippen LogP contribution in [0.5, 0.6) is 0 Å². The van der Waals surface area contributed by atoms with Crippen molar-refractivity contribution in [2.45, 2.75) is 6.42 Å². The summed E-state index contributed by atoms with van der Waals surface area (Å²) in [6.45, 7) is 0.983. The van der Waals surface area contributed by atoms with Gasteiger partial charge in [-0.05, 0) is 12.5 Å². The second kappa shape index (κ2) is 4.82. The minimum atomic E-state index is 0. The van der Waals surface area contributed by atoms with Crippen molar-refractivity contribution in [3.05, 3.63) is 12.2 Å². The van der Waals surface area contributed by atoms with Gasteiger partial charge >= 0.3 is 37.7 Å². The van der Waals surface area contributed by atoms with Crippen molar-refractivity contribution in [1.82, 2.24) is 0 Å². The first kappa shape index (κ1) is 7.67. The topological polar surface area (TPSA) is 12.4 Å². The summed E-state index contributed by atoms with van der Waals surface area (Å²) in [6, 6.07) is 0. The molecule has 0 atom stereocenters. The van der Waals surface area contributed by atoms with Crippen molar-refractivity contribution in [2.24, 2.45) is 4.99 Å². The molecule has 36 valence electrons. The molecular weight excluding hydrogens is 114 g/mol. The second-order valence-corrected chi connectivity index (χ2v) is 1.27. The van der Waals surface area contributed by atoms with Gasteiger partial charge in [-0.25, -0.2) is 0 Å². The average Bonchev–Trinajstić information content (AvgIpc) is 1.72. The number of dihydropyridines is 1. The number of hydrogen-bond acceptors (Lipinski definition) is 1. The fourth-order valence-corrected chi connectivity index (χ4v) is 0.442. The average molecular weight is 123 g/mol. The Bertz CT molecular complexity index is 74.1. The molecule has 0 spiro atoms. The molecule has 2 heteroatoms. The monoisotopic (exact) mass is 123 g/mol. The van der Waals surface area contributed by atoms with E-state index < -0.39 is 0 Å². The molecule has 0 saturated heterocycles. The summed E-state index contributed by atoms with van der Waals surface area (Å²) in [5.41, 5.74) is 0. The number of allylic oxidation sites excluding steroid dienone is 1. The van der Waals surface area contributed by atoms with Gasteiger partial charge in [-0.2, -0.15) is 0 Å². The summed E-state index contributed by atoms with van der Waals surface area (Å²) >= 11 is 0. The van der Waals surface area contributed by atoms with E-state index in [1.54, 1.807) is 0 Å². The molecule has 0 aromatic heterocycles. The van der Waals surface area contributed by atoms with E-state index in [4.69, 9.17) is 0 Å². The maximum atomic E-state index is 3.97.